The number of hydrogen-bond donors (Lipinski definition) is 0. The molecule has 0 spiro atoms. The molecule has 1 aliphatic rings. The minimum absolute atomic E-state index is 0.117. The second-order valence-electron chi connectivity index (χ2n) is 10.4. The molecule has 1 saturated heterocycles. The number of rotatable bonds is 4. The van der Waals surface area contributed by atoms with Crippen LogP contribution in [0.5, 0.6) is 0 Å². The van der Waals surface area contributed by atoms with Gasteiger partial charge < -0.3 is 0 Å². The predicted molar refractivity (Wildman–Crippen MR) is 140 cm³/mol. The number of nitrogens with zero attached hydrogens (tertiary/aromatic N) is 4. The molecule has 2 aromatic carbocycles. The van der Waals surface area contributed by atoms with E-state index < -0.39 is 7.92 Å². The predicted octanol–water partition coefficient (Wildman–Crippen LogP) is 5.97. The van der Waals surface area contributed by atoms with Crippen LogP contribution in [-0.2, 0) is 11.8 Å². The number of carbonyl (C=O) groups is 1. The average molecular weight is 471 g/mol. The number of hydrogen-bond acceptors (Lipinski definition) is 3. The Morgan fingerprint density at radius 3 is 1.97 bits per heavy atom. The van der Waals surface area contributed by atoms with Crippen LogP contribution in [-0.4, -0.2) is 35.7 Å². The molecule has 1 fully saturated rings. The van der Waals surface area contributed by atoms with Gasteiger partial charge in [-0.3, -0.25) is 9.48 Å². The van der Waals surface area contributed by atoms with Crippen molar-refractivity contribution in [1.82, 2.24) is 19.6 Å². The van der Waals surface area contributed by atoms with Crippen molar-refractivity contribution < 1.29 is 4.79 Å². The molecule has 5 nitrogen and oxygen atoms in total. The first-order valence-electron chi connectivity index (χ1n) is 11.7. The van der Waals surface area contributed by atoms with Crippen LogP contribution in [0.3, 0.4) is 0 Å². The number of aryl methyl sites for hydroxylation is 1. The average Bonchev–Trinajstić information content (AvgIpc) is 3.36. The van der Waals surface area contributed by atoms with Crippen molar-refractivity contribution in [1.29, 1.82) is 0 Å². The summed E-state index contributed by atoms with van der Waals surface area (Å²) < 4.78 is 4.08. The number of benzene rings is 2. The first-order valence-corrected chi connectivity index (χ1v) is 13.1. The molecule has 34 heavy (non-hydrogen) atoms. The standard InChI is InChI=1S/C28H31N4OP/c1-27(2)18-22(33)19-28(3,4)34(27)23-16-17-29-32(23)26-24(20-12-8-6-9-13-20)30-31(5)25(26)21-14-10-7-11-15-21/h6-17H,18-19H2,1-5H3. The fraction of sp³-hybridized carbons (Fsp3) is 0.321. The van der Waals surface area contributed by atoms with Crippen LogP contribution >= 0.6 is 7.92 Å². The Morgan fingerprint density at radius 1 is 0.824 bits per heavy atom. The Labute approximate surface area is 202 Å². The minimum atomic E-state index is -0.698. The van der Waals surface area contributed by atoms with Crippen LogP contribution in [0.25, 0.3) is 28.2 Å². The van der Waals surface area contributed by atoms with Crippen molar-refractivity contribution >= 4 is 19.1 Å². The summed E-state index contributed by atoms with van der Waals surface area (Å²) in [6.07, 6.45) is 3.12. The molecule has 0 amide bonds. The van der Waals surface area contributed by atoms with Crippen molar-refractivity contribution in [2.24, 2.45) is 7.05 Å². The molecule has 0 N–H and O–H groups in total. The Balaban J connectivity index is 1.78. The van der Waals surface area contributed by atoms with Gasteiger partial charge in [-0.05, 0) is 24.3 Å². The molecule has 1 aliphatic heterocycles. The van der Waals surface area contributed by atoms with Gasteiger partial charge in [-0.2, -0.15) is 10.2 Å². The van der Waals surface area contributed by atoms with E-state index in [0.29, 0.717) is 18.6 Å². The Morgan fingerprint density at radius 2 is 1.38 bits per heavy atom. The molecule has 5 rings (SSSR count). The molecule has 0 atom stereocenters. The van der Waals surface area contributed by atoms with E-state index in [2.05, 4.69) is 74.8 Å². The lowest BCUT2D eigenvalue weighted by Gasteiger charge is -2.48. The normalized spacial score (nSPS) is 17.7. The van der Waals surface area contributed by atoms with Crippen LogP contribution in [0.2, 0.25) is 0 Å². The number of carbonyl (C=O) groups excluding carboxylic acids is 1. The lowest BCUT2D eigenvalue weighted by Crippen LogP contribution is -2.44. The molecule has 0 saturated carbocycles. The second kappa shape index (κ2) is 8.32. The molecule has 0 bridgehead atoms. The summed E-state index contributed by atoms with van der Waals surface area (Å²) in [5.74, 6) is 0.358. The van der Waals surface area contributed by atoms with Crippen LogP contribution in [0, 0.1) is 0 Å². The summed E-state index contributed by atoms with van der Waals surface area (Å²) in [5.41, 5.74) is 6.28. The van der Waals surface area contributed by atoms with Gasteiger partial charge in [0.05, 0.1) is 17.3 Å². The van der Waals surface area contributed by atoms with E-state index in [0.717, 1.165) is 28.2 Å². The summed E-state index contributed by atoms with van der Waals surface area (Å²) in [5, 5.41) is 9.65. The third-order valence-electron chi connectivity index (χ3n) is 6.65. The zero-order chi connectivity index (χ0) is 24.1. The second-order valence-corrected chi connectivity index (χ2v) is 13.9. The third kappa shape index (κ3) is 3.82. The highest BCUT2D eigenvalue weighted by Gasteiger charge is 2.49. The van der Waals surface area contributed by atoms with E-state index in [4.69, 9.17) is 10.2 Å². The highest BCUT2D eigenvalue weighted by Crippen LogP contribution is 2.64. The van der Waals surface area contributed by atoms with Gasteiger partial charge in [-0.15, -0.1) is 0 Å². The van der Waals surface area contributed by atoms with Gasteiger partial charge in [-0.1, -0.05) is 88.4 Å². The summed E-state index contributed by atoms with van der Waals surface area (Å²) in [6.45, 7) is 8.98. The maximum absolute atomic E-state index is 12.6. The quantitative estimate of drug-likeness (QED) is 0.346. The van der Waals surface area contributed by atoms with Gasteiger partial charge in [0.15, 0.2) is 0 Å². The maximum Gasteiger partial charge on any atom is 0.134 e. The first kappa shape index (κ1) is 22.7. The summed E-state index contributed by atoms with van der Waals surface area (Å²) >= 11 is 0. The molecular weight excluding hydrogens is 439 g/mol. The topological polar surface area (TPSA) is 52.7 Å². The fourth-order valence-corrected chi connectivity index (χ4v) is 9.79. The monoisotopic (exact) mass is 470 g/mol. The molecule has 174 valence electrons. The SMILES string of the molecule is Cn1nc(-c2ccccc2)c(-n2nccc2P2C(C)(C)CC(=O)CC2(C)C)c1-c1ccccc1. The zero-order valence-electron chi connectivity index (χ0n) is 20.5. The van der Waals surface area contributed by atoms with Crippen LogP contribution in [0.4, 0.5) is 0 Å². The number of aromatic nitrogens is 4. The lowest BCUT2D eigenvalue weighted by atomic mass is 9.97. The molecule has 2 aromatic heterocycles. The summed E-state index contributed by atoms with van der Waals surface area (Å²) in [6, 6.07) is 22.9. The molecule has 4 aromatic rings. The minimum Gasteiger partial charge on any atom is -0.300 e. The Kier molecular flexibility index (Phi) is 5.56. The van der Waals surface area contributed by atoms with Crippen molar-refractivity contribution in [3.8, 4) is 28.2 Å². The Bertz CT molecular complexity index is 1320. The largest absolute Gasteiger partial charge is 0.300 e. The lowest BCUT2D eigenvalue weighted by molar-refractivity contribution is -0.120. The Hall–Kier alpha value is -3.04. The molecule has 0 radical (unpaired) electrons. The molecule has 6 heteroatoms. The van der Waals surface area contributed by atoms with Crippen LogP contribution < -0.4 is 5.44 Å². The molecular formula is C28H31N4OP. The number of ketones is 1. The van der Waals surface area contributed by atoms with Gasteiger partial charge in [0.2, 0.25) is 0 Å². The maximum atomic E-state index is 12.6. The smallest absolute Gasteiger partial charge is 0.134 e. The summed E-state index contributed by atoms with van der Waals surface area (Å²) in [4.78, 5) is 12.6. The van der Waals surface area contributed by atoms with Gasteiger partial charge in [0, 0.05) is 31.0 Å². The van der Waals surface area contributed by atoms with Crippen molar-refractivity contribution in [3.63, 3.8) is 0 Å². The molecule has 0 aliphatic carbocycles. The van der Waals surface area contributed by atoms with E-state index in [-0.39, 0.29) is 10.3 Å². The fourth-order valence-electron chi connectivity index (χ4n) is 5.69. The van der Waals surface area contributed by atoms with Gasteiger partial charge >= 0.3 is 0 Å². The van der Waals surface area contributed by atoms with E-state index in [1.165, 1.54) is 5.44 Å². The number of Topliss-reactive ketones (excluding diaryl/α,β-unsaturated/α-hetero) is 1. The summed E-state index contributed by atoms with van der Waals surface area (Å²) in [7, 11) is 1.30. The van der Waals surface area contributed by atoms with Gasteiger partial charge in [0.1, 0.15) is 17.2 Å². The van der Waals surface area contributed by atoms with Crippen LogP contribution in [0.1, 0.15) is 40.5 Å². The van der Waals surface area contributed by atoms with Crippen molar-refractivity contribution in [3.05, 3.63) is 72.9 Å². The van der Waals surface area contributed by atoms with Crippen molar-refractivity contribution in [2.45, 2.75) is 50.8 Å². The van der Waals surface area contributed by atoms with E-state index >= 15 is 0 Å². The van der Waals surface area contributed by atoms with E-state index in [1.807, 2.05) is 42.2 Å². The zero-order valence-corrected chi connectivity index (χ0v) is 21.4. The highest BCUT2D eigenvalue weighted by molar-refractivity contribution is 7.68. The van der Waals surface area contributed by atoms with E-state index in [9.17, 15) is 4.79 Å². The third-order valence-corrected chi connectivity index (χ3v) is 10.2. The van der Waals surface area contributed by atoms with Gasteiger partial charge in [0.25, 0.3) is 0 Å². The first-order chi connectivity index (χ1) is 16.2. The van der Waals surface area contributed by atoms with Gasteiger partial charge in [-0.25, -0.2) is 4.68 Å². The highest BCUT2D eigenvalue weighted by atomic mass is 31.1. The van der Waals surface area contributed by atoms with Crippen LogP contribution in [0.15, 0.2) is 72.9 Å². The van der Waals surface area contributed by atoms with Crippen molar-refractivity contribution in [2.75, 3.05) is 0 Å². The molecule has 0 unspecified atom stereocenters. The molecule has 3 heterocycles. The van der Waals surface area contributed by atoms with E-state index in [1.54, 1.807) is 0 Å².